The van der Waals surface area contributed by atoms with Crippen LogP contribution in [0.4, 0.5) is 0 Å². The Hall–Kier alpha value is -0.580. The van der Waals surface area contributed by atoms with Crippen LogP contribution in [0.5, 0.6) is 0 Å². The van der Waals surface area contributed by atoms with Crippen LogP contribution in [0.25, 0.3) is 0 Å². The van der Waals surface area contributed by atoms with E-state index in [4.69, 9.17) is 11.6 Å². The molecule has 0 saturated carbocycles. The zero-order chi connectivity index (χ0) is 10.8. The molecule has 82 valence electrons. The third kappa shape index (κ3) is 2.17. The molecule has 1 saturated heterocycles. The fourth-order valence-electron chi connectivity index (χ4n) is 1.63. The van der Waals surface area contributed by atoms with Crippen LogP contribution >= 0.6 is 22.9 Å². The summed E-state index contributed by atoms with van der Waals surface area (Å²) in [5.74, 6) is 0.0981. The third-order valence-electron chi connectivity index (χ3n) is 2.59. The molecule has 0 aromatic carbocycles. The van der Waals surface area contributed by atoms with Crippen molar-refractivity contribution in [1.82, 2.24) is 10.2 Å². The van der Waals surface area contributed by atoms with Gasteiger partial charge in [-0.05, 0) is 19.1 Å². The first-order valence-corrected chi connectivity index (χ1v) is 6.19. The number of hydrogen-bond acceptors (Lipinski definition) is 3. The Morgan fingerprint density at radius 2 is 2.40 bits per heavy atom. The molecule has 1 aromatic heterocycles. The van der Waals surface area contributed by atoms with Crippen molar-refractivity contribution in [2.45, 2.75) is 13.0 Å². The SMILES string of the molecule is CCN(C(=O)c1ccc(Cl)s1)C1CNC1. The predicted octanol–water partition coefficient (Wildman–Crippen LogP) is 1.84. The molecule has 0 atom stereocenters. The molecule has 5 heteroatoms. The number of amides is 1. The predicted molar refractivity (Wildman–Crippen MR) is 62.7 cm³/mol. The third-order valence-corrected chi connectivity index (χ3v) is 3.81. The topological polar surface area (TPSA) is 32.3 Å². The zero-order valence-corrected chi connectivity index (χ0v) is 10.1. The first-order chi connectivity index (χ1) is 7.22. The van der Waals surface area contributed by atoms with Crippen molar-refractivity contribution in [2.24, 2.45) is 0 Å². The second-order valence-electron chi connectivity index (χ2n) is 3.51. The smallest absolute Gasteiger partial charge is 0.264 e. The van der Waals surface area contributed by atoms with Gasteiger partial charge in [0, 0.05) is 19.6 Å². The molecule has 0 radical (unpaired) electrons. The van der Waals surface area contributed by atoms with Crippen molar-refractivity contribution in [2.75, 3.05) is 19.6 Å². The van der Waals surface area contributed by atoms with E-state index in [0.717, 1.165) is 24.5 Å². The second kappa shape index (κ2) is 4.51. The fraction of sp³-hybridized carbons (Fsp3) is 0.500. The maximum atomic E-state index is 12.1. The minimum atomic E-state index is 0.0981. The molecule has 3 nitrogen and oxygen atoms in total. The van der Waals surface area contributed by atoms with Crippen LogP contribution in [0.1, 0.15) is 16.6 Å². The lowest BCUT2D eigenvalue weighted by Crippen LogP contribution is -2.58. The Balaban J connectivity index is 2.10. The molecule has 15 heavy (non-hydrogen) atoms. The van der Waals surface area contributed by atoms with E-state index in [0.29, 0.717) is 10.4 Å². The molecule has 0 bridgehead atoms. The Morgan fingerprint density at radius 1 is 1.67 bits per heavy atom. The molecule has 1 fully saturated rings. The minimum Gasteiger partial charge on any atom is -0.333 e. The molecule has 1 aliphatic heterocycles. The monoisotopic (exact) mass is 244 g/mol. The maximum Gasteiger partial charge on any atom is 0.264 e. The highest BCUT2D eigenvalue weighted by Crippen LogP contribution is 2.23. The number of thiophene rings is 1. The molecule has 2 heterocycles. The van der Waals surface area contributed by atoms with Gasteiger partial charge in [0.05, 0.1) is 15.3 Å². The Bertz CT molecular complexity index is 362. The van der Waals surface area contributed by atoms with E-state index in [1.165, 1.54) is 11.3 Å². The summed E-state index contributed by atoms with van der Waals surface area (Å²) in [4.78, 5) is 14.7. The molecule has 1 amide bonds. The van der Waals surface area contributed by atoms with Gasteiger partial charge in [-0.1, -0.05) is 11.6 Å². The standard InChI is InChI=1S/C10H13ClN2OS/c1-2-13(7-5-12-6-7)10(14)8-3-4-9(11)15-8/h3-4,7,12H,2,5-6H2,1H3. The van der Waals surface area contributed by atoms with Gasteiger partial charge >= 0.3 is 0 Å². The van der Waals surface area contributed by atoms with Crippen molar-refractivity contribution in [3.8, 4) is 0 Å². The zero-order valence-electron chi connectivity index (χ0n) is 8.50. The number of likely N-dealkylation sites (N-methyl/N-ethyl adjacent to an activating group) is 1. The first-order valence-electron chi connectivity index (χ1n) is 4.99. The lowest BCUT2D eigenvalue weighted by Gasteiger charge is -2.37. The van der Waals surface area contributed by atoms with E-state index in [2.05, 4.69) is 5.32 Å². The van der Waals surface area contributed by atoms with Gasteiger partial charge in [0.25, 0.3) is 5.91 Å². The summed E-state index contributed by atoms with van der Waals surface area (Å²) in [6.07, 6.45) is 0. The quantitative estimate of drug-likeness (QED) is 0.880. The molecule has 0 aliphatic carbocycles. The van der Waals surface area contributed by atoms with Crippen LogP contribution in [-0.2, 0) is 0 Å². The average Bonchev–Trinajstić information content (AvgIpc) is 2.57. The minimum absolute atomic E-state index is 0.0981. The number of nitrogens with one attached hydrogen (secondary N) is 1. The van der Waals surface area contributed by atoms with E-state index < -0.39 is 0 Å². The van der Waals surface area contributed by atoms with Crippen molar-refractivity contribution < 1.29 is 4.79 Å². The Kier molecular flexibility index (Phi) is 3.29. The normalized spacial score (nSPS) is 16.1. The van der Waals surface area contributed by atoms with Crippen molar-refractivity contribution in [3.63, 3.8) is 0 Å². The van der Waals surface area contributed by atoms with Crippen molar-refractivity contribution in [1.29, 1.82) is 0 Å². The van der Waals surface area contributed by atoms with E-state index in [-0.39, 0.29) is 5.91 Å². The van der Waals surface area contributed by atoms with Crippen molar-refractivity contribution >= 4 is 28.8 Å². The number of hydrogen-bond donors (Lipinski definition) is 1. The number of halogens is 1. The van der Waals surface area contributed by atoms with Crippen LogP contribution in [0.15, 0.2) is 12.1 Å². The van der Waals surface area contributed by atoms with Gasteiger partial charge in [-0.2, -0.15) is 0 Å². The Morgan fingerprint density at radius 3 is 2.80 bits per heavy atom. The van der Waals surface area contributed by atoms with Crippen LogP contribution in [0, 0.1) is 0 Å². The number of rotatable bonds is 3. The molecule has 2 rings (SSSR count). The van der Waals surface area contributed by atoms with Gasteiger partial charge in [0.1, 0.15) is 0 Å². The lowest BCUT2D eigenvalue weighted by molar-refractivity contribution is 0.0635. The molecular weight excluding hydrogens is 232 g/mol. The molecule has 1 aromatic rings. The second-order valence-corrected chi connectivity index (χ2v) is 5.22. The van der Waals surface area contributed by atoms with Gasteiger partial charge in [-0.3, -0.25) is 4.79 Å². The van der Waals surface area contributed by atoms with Gasteiger partial charge in [0.2, 0.25) is 0 Å². The average molecular weight is 245 g/mol. The van der Waals surface area contributed by atoms with Crippen LogP contribution < -0.4 is 5.32 Å². The van der Waals surface area contributed by atoms with Crippen LogP contribution in [-0.4, -0.2) is 36.5 Å². The van der Waals surface area contributed by atoms with E-state index in [1.54, 1.807) is 12.1 Å². The summed E-state index contributed by atoms with van der Waals surface area (Å²) < 4.78 is 0.668. The van der Waals surface area contributed by atoms with Gasteiger partial charge < -0.3 is 10.2 Å². The van der Waals surface area contributed by atoms with E-state index in [9.17, 15) is 4.79 Å². The molecule has 1 N–H and O–H groups in total. The molecule has 0 unspecified atom stereocenters. The molecular formula is C10H13ClN2OS. The summed E-state index contributed by atoms with van der Waals surface area (Å²) in [7, 11) is 0. The molecule has 1 aliphatic rings. The van der Waals surface area contributed by atoms with Gasteiger partial charge in [-0.25, -0.2) is 0 Å². The van der Waals surface area contributed by atoms with Gasteiger partial charge in [-0.15, -0.1) is 11.3 Å². The van der Waals surface area contributed by atoms with Gasteiger partial charge in [0.15, 0.2) is 0 Å². The summed E-state index contributed by atoms with van der Waals surface area (Å²) in [5, 5.41) is 3.17. The highest BCUT2D eigenvalue weighted by atomic mass is 35.5. The first kappa shape index (κ1) is 10.9. The summed E-state index contributed by atoms with van der Waals surface area (Å²) in [6, 6.07) is 3.92. The lowest BCUT2D eigenvalue weighted by atomic mass is 10.1. The number of carbonyl (C=O) groups excluding carboxylic acids is 1. The number of carbonyl (C=O) groups is 1. The highest BCUT2D eigenvalue weighted by Gasteiger charge is 2.28. The summed E-state index contributed by atoms with van der Waals surface area (Å²) in [5.41, 5.74) is 0. The van der Waals surface area contributed by atoms with Crippen LogP contribution in [0.3, 0.4) is 0 Å². The Labute approximate surface area is 98.0 Å². The maximum absolute atomic E-state index is 12.1. The summed E-state index contributed by atoms with van der Waals surface area (Å²) >= 11 is 7.16. The molecule has 0 spiro atoms. The van der Waals surface area contributed by atoms with Crippen molar-refractivity contribution in [3.05, 3.63) is 21.3 Å². The van der Waals surface area contributed by atoms with Crippen LogP contribution in [0.2, 0.25) is 4.34 Å². The fourth-order valence-corrected chi connectivity index (χ4v) is 2.63. The van der Waals surface area contributed by atoms with E-state index in [1.807, 2.05) is 11.8 Å². The summed E-state index contributed by atoms with van der Waals surface area (Å²) in [6.45, 7) is 4.56. The number of nitrogens with zero attached hydrogens (tertiary/aromatic N) is 1. The largest absolute Gasteiger partial charge is 0.333 e. The highest BCUT2D eigenvalue weighted by molar-refractivity contribution is 7.17. The van der Waals surface area contributed by atoms with E-state index >= 15 is 0 Å².